The van der Waals surface area contributed by atoms with E-state index in [1.54, 1.807) is 0 Å². The molecule has 0 bridgehead atoms. The lowest BCUT2D eigenvalue weighted by Gasteiger charge is -2.35. The van der Waals surface area contributed by atoms with Crippen molar-refractivity contribution in [3.8, 4) is 0 Å². The first kappa shape index (κ1) is 15.8. The number of benzene rings is 1. The second kappa shape index (κ2) is 6.59. The molecule has 0 saturated heterocycles. The van der Waals surface area contributed by atoms with Crippen LogP contribution in [0, 0.1) is 5.92 Å². The van der Waals surface area contributed by atoms with Crippen LogP contribution in [-0.4, -0.2) is 22.9 Å². The topological polar surface area (TPSA) is 46.3 Å². The summed E-state index contributed by atoms with van der Waals surface area (Å²) in [5.41, 5.74) is 7.23. The molecule has 1 amide bonds. The molecule has 3 atom stereocenters. The molecule has 0 aliphatic heterocycles. The molecule has 3 nitrogen and oxygen atoms in total. The maximum atomic E-state index is 13.1. The zero-order chi connectivity index (χ0) is 15.7. The van der Waals surface area contributed by atoms with Crippen LogP contribution in [0.4, 0.5) is 0 Å². The number of nitrogens with two attached hydrogens (primary N) is 1. The van der Waals surface area contributed by atoms with Crippen molar-refractivity contribution in [1.29, 1.82) is 0 Å². The molecule has 2 fully saturated rings. The van der Waals surface area contributed by atoms with Crippen LogP contribution in [0.5, 0.6) is 0 Å². The summed E-state index contributed by atoms with van der Waals surface area (Å²) in [6, 6.07) is 8.57. The predicted octanol–water partition coefficient (Wildman–Crippen LogP) is 3.91. The van der Waals surface area contributed by atoms with E-state index in [-0.39, 0.29) is 18.0 Å². The Labute approximate surface area is 137 Å². The molecule has 120 valence electrons. The summed E-state index contributed by atoms with van der Waals surface area (Å²) in [7, 11) is 0. The lowest BCUT2D eigenvalue weighted by atomic mass is 9.85. The third-order valence-electron chi connectivity index (χ3n) is 5.03. The molecule has 2 N–H and O–H groups in total. The Kier molecular flexibility index (Phi) is 4.74. The van der Waals surface area contributed by atoms with Gasteiger partial charge in [0.1, 0.15) is 0 Å². The Morgan fingerprint density at radius 1 is 1.23 bits per heavy atom. The first-order valence-electron chi connectivity index (χ1n) is 8.39. The van der Waals surface area contributed by atoms with Crippen LogP contribution in [-0.2, 0) is 4.79 Å². The number of amides is 1. The second-order valence-corrected chi connectivity index (χ2v) is 7.26. The van der Waals surface area contributed by atoms with E-state index in [1.807, 2.05) is 24.3 Å². The van der Waals surface area contributed by atoms with E-state index in [2.05, 4.69) is 11.8 Å². The van der Waals surface area contributed by atoms with Crippen molar-refractivity contribution >= 4 is 17.5 Å². The van der Waals surface area contributed by atoms with Gasteiger partial charge in [-0.05, 0) is 56.7 Å². The normalized spacial score (nSPS) is 26.5. The summed E-state index contributed by atoms with van der Waals surface area (Å²) >= 11 is 5.98. The van der Waals surface area contributed by atoms with Gasteiger partial charge >= 0.3 is 0 Å². The predicted molar refractivity (Wildman–Crippen MR) is 89.7 cm³/mol. The van der Waals surface area contributed by atoms with E-state index in [1.165, 1.54) is 0 Å². The number of halogens is 1. The summed E-state index contributed by atoms with van der Waals surface area (Å²) in [6.07, 6.45) is 6.22. The van der Waals surface area contributed by atoms with Gasteiger partial charge in [0.2, 0.25) is 5.91 Å². The minimum atomic E-state index is 0.107. The quantitative estimate of drug-likeness (QED) is 0.914. The highest BCUT2D eigenvalue weighted by Gasteiger charge is 2.39. The average Bonchev–Trinajstić information content (AvgIpc) is 3.32. The van der Waals surface area contributed by atoms with Crippen molar-refractivity contribution in [3.05, 3.63) is 34.9 Å². The van der Waals surface area contributed by atoms with E-state index in [4.69, 9.17) is 17.3 Å². The zero-order valence-corrected chi connectivity index (χ0v) is 13.9. The molecule has 2 aliphatic carbocycles. The fourth-order valence-electron chi connectivity index (χ4n) is 3.60. The van der Waals surface area contributed by atoms with Crippen LogP contribution in [0.2, 0.25) is 5.02 Å². The maximum absolute atomic E-state index is 13.1. The lowest BCUT2D eigenvalue weighted by Crippen LogP contribution is -2.43. The van der Waals surface area contributed by atoms with Crippen molar-refractivity contribution in [2.75, 3.05) is 0 Å². The highest BCUT2D eigenvalue weighted by molar-refractivity contribution is 6.30. The van der Waals surface area contributed by atoms with E-state index in [9.17, 15) is 4.79 Å². The molecule has 0 spiro atoms. The van der Waals surface area contributed by atoms with Crippen molar-refractivity contribution in [2.24, 2.45) is 11.7 Å². The number of carbonyl (C=O) groups is 1. The molecule has 1 aromatic carbocycles. The number of carbonyl (C=O) groups excluding carboxylic acids is 1. The average molecular weight is 321 g/mol. The molecule has 0 radical (unpaired) electrons. The van der Waals surface area contributed by atoms with Gasteiger partial charge in [-0.3, -0.25) is 4.79 Å². The van der Waals surface area contributed by atoms with E-state index in [0.717, 1.165) is 49.1 Å². The van der Waals surface area contributed by atoms with Crippen molar-refractivity contribution in [3.63, 3.8) is 0 Å². The number of hydrogen-bond acceptors (Lipinski definition) is 2. The van der Waals surface area contributed by atoms with Crippen molar-refractivity contribution in [2.45, 2.75) is 63.6 Å². The molecule has 0 heterocycles. The van der Waals surface area contributed by atoms with Gasteiger partial charge in [-0.15, -0.1) is 0 Å². The smallest absolute Gasteiger partial charge is 0.226 e. The van der Waals surface area contributed by atoms with Gasteiger partial charge < -0.3 is 10.6 Å². The van der Waals surface area contributed by atoms with Crippen LogP contribution in [0.1, 0.15) is 57.1 Å². The molecule has 3 unspecified atom stereocenters. The number of nitrogens with zero attached hydrogens (tertiary/aromatic N) is 1. The van der Waals surface area contributed by atoms with Crippen LogP contribution in [0.25, 0.3) is 0 Å². The van der Waals surface area contributed by atoms with Crippen LogP contribution in [0.15, 0.2) is 24.3 Å². The highest BCUT2D eigenvalue weighted by atomic mass is 35.5. The largest absolute Gasteiger partial charge is 0.333 e. The van der Waals surface area contributed by atoms with Gasteiger partial charge in [0.05, 0.1) is 6.04 Å². The fraction of sp³-hybridized carbons (Fsp3) is 0.611. The lowest BCUT2D eigenvalue weighted by molar-refractivity contribution is -0.139. The van der Waals surface area contributed by atoms with Crippen LogP contribution >= 0.6 is 11.6 Å². The Hall–Kier alpha value is -1.06. The van der Waals surface area contributed by atoms with Gasteiger partial charge in [-0.1, -0.05) is 30.2 Å². The molecule has 2 aliphatic rings. The maximum Gasteiger partial charge on any atom is 0.226 e. The van der Waals surface area contributed by atoms with Gasteiger partial charge in [0, 0.05) is 23.0 Å². The van der Waals surface area contributed by atoms with Crippen molar-refractivity contribution in [1.82, 2.24) is 4.90 Å². The SMILES string of the molecule is CC(c1ccc(Cl)cc1)N(C(=O)C1CCCC(N)C1)C1CC1. The van der Waals surface area contributed by atoms with Gasteiger partial charge in [-0.25, -0.2) is 0 Å². The third-order valence-corrected chi connectivity index (χ3v) is 5.28. The molecule has 1 aromatic rings. The van der Waals surface area contributed by atoms with E-state index >= 15 is 0 Å². The van der Waals surface area contributed by atoms with Crippen LogP contribution < -0.4 is 5.73 Å². The highest BCUT2D eigenvalue weighted by Crippen LogP contribution is 2.38. The number of hydrogen-bond donors (Lipinski definition) is 1. The van der Waals surface area contributed by atoms with Gasteiger partial charge in [0.15, 0.2) is 0 Å². The van der Waals surface area contributed by atoms with E-state index in [0.29, 0.717) is 11.9 Å². The monoisotopic (exact) mass is 320 g/mol. The summed E-state index contributed by atoms with van der Waals surface area (Å²) in [5, 5.41) is 0.735. The van der Waals surface area contributed by atoms with Crippen LogP contribution in [0.3, 0.4) is 0 Å². The molecule has 2 saturated carbocycles. The Morgan fingerprint density at radius 2 is 1.91 bits per heavy atom. The summed E-state index contributed by atoms with van der Waals surface area (Å²) in [4.78, 5) is 15.2. The summed E-state index contributed by atoms with van der Waals surface area (Å²) in [5.74, 6) is 0.416. The molecular formula is C18H25ClN2O. The Bertz CT molecular complexity index is 526. The molecule has 22 heavy (non-hydrogen) atoms. The summed E-state index contributed by atoms with van der Waals surface area (Å²) in [6.45, 7) is 2.13. The number of rotatable bonds is 4. The van der Waals surface area contributed by atoms with Crippen molar-refractivity contribution < 1.29 is 4.79 Å². The standard InChI is InChI=1S/C18H25ClN2O/c1-12(13-5-7-15(19)8-6-13)21(17-9-10-17)18(22)14-3-2-4-16(20)11-14/h5-8,12,14,16-17H,2-4,9-11,20H2,1H3. The molecular weight excluding hydrogens is 296 g/mol. The fourth-order valence-corrected chi connectivity index (χ4v) is 3.73. The van der Waals surface area contributed by atoms with E-state index < -0.39 is 0 Å². The second-order valence-electron chi connectivity index (χ2n) is 6.83. The Balaban J connectivity index is 1.77. The minimum absolute atomic E-state index is 0.107. The first-order valence-corrected chi connectivity index (χ1v) is 8.77. The molecule has 3 rings (SSSR count). The summed E-state index contributed by atoms with van der Waals surface area (Å²) < 4.78 is 0. The van der Waals surface area contributed by atoms with Gasteiger partial charge in [-0.2, -0.15) is 0 Å². The molecule has 4 heteroatoms. The molecule has 0 aromatic heterocycles. The first-order chi connectivity index (χ1) is 10.6. The Morgan fingerprint density at radius 3 is 2.50 bits per heavy atom. The third kappa shape index (κ3) is 3.47. The van der Waals surface area contributed by atoms with Gasteiger partial charge in [0.25, 0.3) is 0 Å². The minimum Gasteiger partial charge on any atom is -0.333 e. The zero-order valence-electron chi connectivity index (χ0n) is 13.2.